The Hall–Kier alpha value is -2.67. The Kier molecular flexibility index (Phi) is 4.73. The number of fused-ring (bicyclic) bond motifs is 1. The Morgan fingerprint density at radius 1 is 1.24 bits per heavy atom. The number of amides is 2. The van der Waals surface area contributed by atoms with Crippen molar-refractivity contribution in [1.29, 1.82) is 0 Å². The summed E-state index contributed by atoms with van der Waals surface area (Å²) in [5.74, 6) is 0.351. The molecular formula is C22H28N4O3. The van der Waals surface area contributed by atoms with E-state index in [0.717, 1.165) is 36.1 Å². The van der Waals surface area contributed by atoms with E-state index in [1.165, 1.54) is 0 Å². The predicted molar refractivity (Wildman–Crippen MR) is 109 cm³/mol. The number of nitrogens with one attached hydrogen (secondary N) is 2. The highest BCUT2D eigenvalue weighted by atomic mass is 16.3. The molecule has 2 aromatic rings. The molecule has 0 bridgehead atoms. The van der Waals surface area contributed by atoms with Crippen LogP contribution < -0.4 is 5.32 Å². The van der Waals surface area contributed by atoms with E-state index in [2.05, 4.69) is 15.5 Å². The van der Waals surface area contributed by atoms with Crippen molar-refractivity contribution >= 4 is 17.6 Å². The number of carbonyl (C=O) groups excluding carboxylic acids is 2. The number of aromatic amines is 1. The summed E-state index contributed by atoms with van der Waals surface area (Å²) >= 11 is 0. The maximum Gasteiger partial charge on any atom is 0.231 e. The van der Waals surface area contributed by atoms with Gasteiger partial charge in [0.2, 0.25) is 11.8 Å². The highest BCUT2D eigenvalue weighted by molar-refractivity contribution is 5.95. The van der Waals surface area contributed by atoms with Crippen LogP contribution in [0.2, 0.25) is 0 Å². The van der Waals surface area contributed by atoms with E-state index >= 15 is 0 Å². The van der Waals surface area contributed by atoms with Gasteiger partial charge >= 0.3 is 0 Å². The molecule has 0 radical (unpaired) electrons. The summed E-state index contributed by atoms with van der Waals surface area (Å²) in [6.45, 7) is 6.22. The van der Waals surface area contributed by atoms with Crippen LogP contribution in [-0.2, 0) is 21.7 Å². The fourth-order valence-corrected chi connectivity index (χ4v) is 4.28. The van der Waals surface area contributed by atoms with Crippen LogP contribution in [0.15, 0.2) is 30.3 Å². The molecule has 2 amide bonds. The minimum absolute atomic E-state index is 0.00487. The van der Waals surface area contributed by atoms with Crippen LogP contribution in [0.3, 0.4) is 0 Å². The number of anilines is 1. The Morgan fingerprint density at radius 3 is 2.55 bits per heavy atom. The van der Waals surface area contributed by atoms with Gasteiger partial charge in [-0.3, -0.25) is 14.7 Å². The second-order valence-corrected chi connectivity index (χ2v) is 8.96. The summed E-state index contributed by atoms with van der Waals surface area (Å²) in [6, 6.07) is 9.19. The molecule has 1 aromatic carbocycles. The number of nitrogens with zero attached hydrogens (tertiary/aromatic N) is 2. The van der Waals surface area contributed by atoms with Gasteiger partial charge in [0.05, 0.1) is 30.3 Å². The molecule has 2 heterocycles. The van der Waals surface area contributed by atoms with Crippen molar-refractivity contribution < 1.29 is 14.7 Å². The molecule has 1 aliphatic heterocycles. The summed E-state index contributed by atoms with van der Waals surface area (Å²) in [5.41, 5.74) is 1.47. The van der Waals surface area contributed by atoms with Crippen LogP contribution in [0.1, 0.15) is 69.4 Å². The minimum Gasteiger partial charge on any atom is -0.388 e. The predicted octanol–water partition coefficient (Wildman–Crippen LogP) is 3.24. The molecule has 2 aliphatic rings. The van der Waals surface area contributed by atoms with E-state index < -0.39 is 11.6 Å². The molecular weight excluding hydrogens is 368 g/mol. The summed E-state index contributed by atoms with van der Waals surface area (Å²) in [7, 11) is 0. The number of aromatic nitrogens is 2. The second-order valence-electron chi connectivity index (χ2n) is 8.96. The first-order valence-corrected chi connectivity index (χ1v) is 10.1. The van der Waals surface area contributed by atoms with Gasteiger partial charge in [0.15, 0.2) is 5.82 Å². The maximum atomic E-state index is 13.0. The highest BCUT2D eigenvalue weighted by Gasteiger charge is 2.45. The molecule has 0 spiro atoms. The monoisotopic (exact) mass is 396 g/mol. The Morgan fingerprint density at radius 2 is 1.93 bits per heavy atom. The van der Waals surface area contributed by atoms with Crippen LogP contribution >= 0.6 is 0 Å². The van der Waals surface area contributed by atoms with E-state index in [0.29, 0.717) is 12.4 Å². The SMILES string of the molecule is CC1(C(=O)Nc2n[nH]c3c2CN(C(=O)CC(O)c2ccccc2)C3(C)C)CCC1. The third-order valence-electron chi connectivity index (χ3n) is 6.56. The number of benzene rings is 1. The molecule has 3 N–H and O–H groups in total. The van der Waals surface area contributed by atoms with Crippen molar-refractivity contribution in [2.75, 3.05) is 5.32 Å². The number of aliphatic hydroxyl groups excluding tert-OH is 1. The lowest BCUT2D eigenvalue weighted by Crippen LogP contribution is -2.41. The molecule has 29 heavy (non-hydrogen) atoms. The number of carbonyl (C=O) groups is 2. The summed E-state index contributed by atoms with van der Waals surface area (Å²) in [4.78, 5) is 27.4. The number of rotatable bonds is 5. The average molecular weight is 396 g/mol. The van der Waals surface area contributed by atoms with E-state index in [-0.39, 0.29) is 23.7 Å². The van der Waals surface area contributed by atoms with Gasteiger partial charge in [-0.15, -0.1) is 0 Å². The Balaban J connectivity index is 1.49. The number of hydrogen-bond donors (Lipinski definition) is 3. The normalized spacial score (nSPS) is 19.9. The molecule has 1 aromatic heterocycles. The highest BCUT2D eigenvalue weighted by Crippen LogP contribution is 2.44. The van der Waals surface area contributed by atoms with E-state index in [4.69, 9.17) is 0 Å². The second kappa shape index (κ2) is 6.99. The van der Waals surface area contributed by atoms with Crippen molar-refractivity contribution in [3.63, 3.8) is 0 Å². The summed E-state index contributed by atoms with van der Waals surface area (Å²) in [5, 5.41) is 20.7. The molecule has 1 aliphatic carbocycles. The average Bonchev–Trinajstić information content (AvgIpc) is 3.18. The van der Waals surface area contributed by atoms with Crippen LogP contribution in [0.5, 0.6) is 0 Å². The van der Waals surface area contributed by atoms with Crippen molar-refractivity contribution in [2.45, 2.75) is 64.6 Å². The van der Waals surface area contributed by atoms with Gasteiger partial charge in [-0.25, -0.2) is 0 Å². The van der Waals surface area contributed by atoms with Crippen LogP contribution in [-0.4, -0.2) is 32.0 Å². The third kappa shape index (κ3) is 3.33. The quantitative estimate of drug-likeness (QED) is 0.723. The van der Waals surface area contributed by atoms with Gasteiger partial charge in [0.25, 0.3) is 0 Å². The number of aliphatic hydroxyl groups is 1. The van der Waals surface area contributed by atoms with Gasteiger partial charge in [0, 0.05) is 11.0 Å². The van der Waals surface area contributed by atoms with Gasteiger partial charge in [-0.2, -0.15) is 5.10 Å². The van der Waals surface area contributed by atoms with E-state index in [1.54, 1.807) is 4.90 Å². The first-order chi connectivity index (χ1) is 13.7. The first-order valence-electron chi connectivity index (χ1n) is 10.1. The largest absolute Gasteiger partial charge is 0.388 e. The lowest BCUT2D eigenvalue weighted by Gasteiger charge is -2.36. The zero-order chi connectivity index (χ0) is 20.8. The fraction of sp³-hybridized carbons (Fsp3) is 0.500. The lowest BCUT2D eigenvalue weighted by atomic mass is 9.70. The van der Waals surface area contributed by atoms with Crippen LogP contribution in [0.25, 0.3) is 0 Å². The number of H-pyrrole nitrogens is 1. The number of hydrogen-bond acceptors (Lipinski definition) is 4. The first kappa shape index (κ1) is 19.6. The molecule has 7 nitrogen and oxygen atoms in total. The maximum absolute atomic E-state index is 13.0. The zero-order valence-electron chi connectivity index (χ0n) is 17.2. The zero-order valence-corrected chi connectivity index (χ0v) is 17.2. The van der Waals surface area contributed by atoms with Crippen LogP contribution in [0.4, 0.5) is 5.82 Å². The molecule has 4 rings (SSSR count). The Bertz CT molecular complexity index is 931. The molecule has 1 saturated carbocycles. The molecule has 154 valence electrons. The molecule has 0 saturated heterocycles. The third-order valence-corrected chi connectivity index (χ3v) is 6.56. The molecule has 1 atom stereocenters. The van der Waals surface area contributed by atoms with Gasteiger partial charge in [-0.05, 0) is 32.3 Å². The fourth-order valence-electron chi connectivity index (χ4n) is 4.28. The minimum atomic E-state index is -0.852. The van der Waals surface area contributed by atoms with Gasteiger partial charge < -0.3 is 15.3 Å². The molecule has 1 fully saturated rings. The van der Waals surface area contributed by atoms with Crippen molar-refractivity contribution in [2.24, 2.45) is 5.41 Å². The summed E-state index contributed by atoms with van der Waals surface area (Å²) in [6.07, 6.45) is 2.00. The van der Waals surface area contributed by atoms with Crippen molar-refractivity contribution in [3.8, 4) is 0 Å². The lowest BCUT2D eigenvalue weighted by molar-refractivity contribution is -0.138. The molecule has 1 unspecified atom stereocenters. The smallest absolute Gasteiger partial charge is 0.231 e. The van der Waals surface area contributed by atoms with Crippen LogP contribution in [0, 0.1) is 5.41 Å². The summed E-state index contributed by atoms with van der Waals surface area (Å²) < 4.78 is 0. The van der Waals surface area contributed by atoms with E-state index in [1.807, 2.05) is 51.1 Å². The van der Waals surface area contributed by atoms with E-state index in [9.17, 15) is 14.7 Å². The van der Waals surface area contributed by atoms with Crippen molar-refractivity contribution in [1.82, 2.24) is 15.1 Å². The van der Waals surface area contributed by atoms with Gasteiger partial charge in [0.1, 0.15) is 0 Å². The van der Waals surface area contributed by atoms with Gasteiger partial charge in [-0.1, -0.05) is 43.7 Å². The Labute approximate surface area is 170 Å². The standard InChI is InChI=1S/C22H28N4O3/c1-21(2)18-15(19(25-24-18)23-20(29)22(3)10-7-11-22)13-26(21)17(28)12-16(27)14-8-5-4-6-9-14/h4-6,8-9,16,27H,7,10-13H2,1-3H3,(H2,23,24,25,29). The van der Waals surface area contributed by atoms with Crippen molar-refractivity contribution in [3.05, 3.63) is 47.2 Å². The topological polar surface area (TPSA) is 98.3 Å². The molecule has 7 heteroatoms.